The van der Waals surface area contributed by atoms with Crippen molar-refractivity contribution in [3.8, 4) is 0 Å². The Morgan fingerprint density at radius 3 is 1.31 bits per heavy atom. The zero-order chi connectivity index (χ0) is 26.6. The molecule has 8 bridgehead atoms. The molecule has 0 spiro atoms. The van der Waals surface area contributed by atoms with Gasteiger partial charge >= 0.3 is 6.03 Å². The summed E-state index contributed by atoms with van der Waals surface area (Å²) in [6.07, 6.45) is 0.309. The first kappa shape index (κ1) is 24.3. The molecule has 9 fully saturated rings. The van der Waals surface area contributed by atoms with E-state index in [0.29, 0.717) is 21.0 Å². The number of carbonyl (C=O) groups is 3. The maximum Gasteiger partial charge on any atom is 0.342 e. The normalized spacial score (nSPS) is 46.0. The first-order chi connectivity index (χ1) is 18.8. The van der Waals surface area contributed by atoms with Crippen LogP contribution >= 0.6 is 0 Å². The molecule has 13 heteroatoms. The molecule has 0 saturated carbocycles. The van der Waals surface area contributed by atoms with Gasteiger partial charge in [0.1, 0.15) is 40.0 Å². The molecule has 0 radical (unpaired) electrons. The van der Waals surface area contributed by atoms with Gasteiger partial charge in [-0.2, -0.15) is 0 Å². The molecule has 39 heavy (non-hydrogen) atoms. The predicted molar refractivity (Wildman–Crippen MR) is 137 cm³/mol. The molecule has 9 heterocycles. The summed E-state index contributed by atoms with van der Waals surface area (Å²) < 4.78 is 1.23. The molecule has 9 aliphatic rings. The van der Waals surface area contributed by atoms with Crippen molar-refractivity contribution in [3.63, 3.8) is 0 Å². The van der Waals surface area contributed by atoms with Crippen molar-refractivity contribution in [1.82, 2.24) is 39.2 Å². The monoisotopic (exact) mass is 538 g/mol. The Balaban J connectivity index is 1.18. The molecule has 10 rings (SSSR count). The van der Waals surface area contributed by atoms with Crippen molar-refractivity contribution < 1.29 is 23.3 Å². The summed E-state index contributed by atoms with van der Waals surface area (Å²) in [5, 5.41) is 0. The van der Waals surface area contributed by atoms with Gasteiger partial charge in [-0.25, -0.2) is 44.0 Å². The summed E-state index contributed by atoms with van der Waals surface area (Å²) in [6.45, 7) is 12.9. The van der Waals surface area contributed by atoms with Crippen molar-refractivity contribution in [1.29, 1.82) is 0 Å². The van der Waals surface area contributed by atoms with Crippen LogP contribution in [0.1, 0.15) is 18.9 Å². The van der Waals surface area contributed by atoms with Gasteiger partial charge in [-0.05, 0) is 12.0 Å². The third-order valence-electron chi connectivity index (χ3n) is 9.76. The Kier molecular flexibility index (Phi) is 5.16. The molecule has 0 atom stereocenters. The number of carbonyl (C=O) groups excluding carboxylic acids is 3. The number of quaternary nitrogens is 2. The van der Waals surface area contributed by atoms with Crippen LogP contribution in [0.25, 0.3) is 0 Å². The predicted octanol–water partition coefficient (Wildman–Crippen LogP) is -0.943. The first-order valence-corrected chi connectivity index (χ1v) is 14.1. The highest BCUT2D eigenvalue weighted by atomic mass is 16.2. The Labute approximate surface area is 228 Å². The van der Waals surface area contributed by atoms with E-state index < -0.39 is 11.4 Å². The van der Waals surface area contributed by atoms with Gasteiger partial charge in [-0.3, -0.25) is 18.6 Å². The molecule has 0 unspecified atom stereocenters. The maximum atomic E-state index is 14.5. The second kappa shape index (κ2) is 8.27. The second-order valence-electron chi connectivity index (χ2n) is 13.1. The molecule has 0 aromatic heterocycles. The van der Waals surface area contributed by atoms with Gasteiger partial charge < -0.3 is 0 Å². The van der Waals surface area contributed by atoms with E-state index in [1.165, 1.54) is 9.80 Å². The summed E-state index contributed by atoms with van der Waals surface area (Å²) >= 11 is 0. The summed E-state index contributed by atoms with van der Waals surface area (Å²) in [4.78, 5) is 60.5. The highest BCUT2D eigenvalue weighted by molar-refractivity contribution is 6.22. The fourth-order valence-electron chi connectivity index (χ4n) is 8.78. The highest BCUT2D eigenvalue weighted by Crippen LogP contribution is 2.40. The average Bonchev–Trinajstić information content (AvgIpc) is 2.89. The van der Waals surface area contributed by atoms with Crippen LogP contribution in [0.15, 0.2) is 30.3 Å². The number of rotatable bonds is 6. The first-order valence-electron chi connectivity index (χ1n) is 14.1. The quantitative estimate of drug-likeness (QED) is 0.337. The highest BCUT2D eigenvalue weighted by Gasteiger charge is 2.62. The van der Waals surface area contributed by atoms with Crippen molar-refractivity contribution >= 4 is 17.8 Å². The fourth-order valence-corrected chi connectivity index (χ4v) is 8.78. The summed E-state index contributed by atoms with van der Waals surface area (Å²) in [6, 6.07) is 8.95. The van der Waals surface area contributed by atoms with Crippen LogP contribution in [0.4, 0.5) is 4.79 Å². The topological polar surface area (TPSA) is 77.1 Å². The SMILES string of the molecule is CCC1(c2ccccc2)C(=O)N(C[N+]23CN4CN(CN(C4)C2)C3)C(=O)N(C[N+]23CN4CN(CN(C4)C2)C3)C1=O. The second-order valence-corrected chi connectivity index (χ2v) is 13.1. The van der Waals surface area contributed by atoms with Crippen LogP contribution in [0.3, 0.4) is 0 Å². The molecule has 9 saturated heterocycles. The van der Waals surface area contributed by atoms with Crippen LogP contribution < -0.4 is 0 Å². The molecule has 4 amide bonds. The van der Waals surface area contributed by atoms with Crippen molar-refractivity contribution in [2.75, 3.05) is 93.4 Å². The van der Waals surface area contributed by atoms with E-state index in [1.807, 2.05) is 37.3 Å². The molecular weight excluding hydrogens is 500 g/mol. The van der Waals surface area contributed by atoms with Crippen LogP contribution in [-0.2, 0) is 15.0 Å². The average molecular weight is 539 g/mol. The van der Waals surface area contributed by atoms with E-state index in [0.717, 1.165) is 80.0 Å². The van der Waals surface area contributed by atoms with E-state index in [2.05, 4.69) is 29.4 Å². The van der Waals surface area contributed by atoms with Crippen LogP contribution in [0.5, 0.6) is 0 Å². The molecule has 0 N–H and O–H groups in total. The minimum atomic E-state index is -1.41. The minimum Gasteiger partial charge on any atom is -0.273 e. The number of barbiturate groups is 1. The number of benzene rings is 1. The largest absolute Gasteiger partial charge is 0.342 e. The van der Waals surface area contributed by atoms with Gasteiger partial charge in [0.2, 0.25) is 0 Å². The molecule has 1 aromatic carbocycles. The lowest BCUT2D eigenvalue weighted by atomic mass is 9.74. The molecule has 13 nitrogen and oxygen atoms in total. The van der Waals surface area contributed by atoms with Crippen LogP contribution in [0.2, 0.25) is 0 Å². The number of amides is 4. The lowest BCUT2D eigenvalue weighted by Crippen LogP contribution is -2.83. The molecule has 0 aliphatic carbocycles. The Morgan fingerprint density at radius 2 is 0.974 bits per heavy atom. The standard InChI is InChI=1S/C26H38N10O3/c1-2-26(22-6-4-3-5-7-22)23(37)33(20-35-14-27-8-28(15-35)10-29(9-27)16-35)25(39)34(24(26)38)21-36-17-30-11-31(18-36)13-32(12-30)19-36/h3-7H,2,8-21H2,1H3/q+2. The molecule has 1 aromatic rings. The van der Waals surface area contributed by atoms with Gasteiger partial charge in [0.15, 0.2) is 18.8 Å². The Bertz CT molecular complexity index is 1090. The Hall–Kier alpha value is -2.49. The number of urea groups is 1. The van der Waals surface area contributed by atoms with Crippen molar-refractivity contribution in [2.45, 2.75) is 18.8 Å². The summed E-state index contributed by atoms with van der Waals surface area (Å²) in [7, 11) is 0. The smallest absolute Gasteiger partial charge is 0.273 e. The number of imide groups is 2. The zero-order valence-electron chi connectivity index (χ0n) is 22.7. The van der Waals surface area contributed by atoms with E-state index >= 15 is 0 Å². The number of nitrogens with zero attached hydrogens (tertiary/aromatic N) is 10. The third kappa shape index (κ3) is 3.51. The number of hydrogen-bond acceptors (Lipinski definition) is 9. The zero-order valence-corrected chi connectivity index (χ0v) is 22.7. The summed E-state index contributed by atoms with van der Waals surface area (Å²) in [5.41, 5.74) is -0.733. The summed E-state index contributed by atoms with van der Waals surface area (Å²) in [5.74, 6) is -0.740. The van der Waals surface area contributed by atoms with E-state index in [-0.39, 0.29) is 25.2 Å². The number of hydrogen-bond donors (Lipinski definition) is 0. The van der Waals surface area contributed by atoms with Gasteiger partial charge in [-0.1, -0.05) is 37.3 Å². The van der Waals surface area contributed by atoms with Gasteiger partial charge in [0.25, 0.3) is 11.8 Å². The van der Waals surface area contributed by atoms with E-state index in [1.54, 1.807) is 0 Å². The Morgan fingerprint density at radius 1 is 0.615 bits per heavy atom. The molecule has 9 aliphatic heterocycles. The van der Waals surface area contributed by atoms with Gasteiger partial charge in [-0.15, -0.1) is 0 Å². The van der Waals surface area contributed by atoms with E-state index in [4.69, 9.17) is 0 Å². The van der Waals surface area contributed by atoms with E-state index in [9.17, 15) is 14.4 Å². The lowest BCUT2D eigenvalue weighted by molar-refractivity contribution is -0.987. The fraction of sp³-hybridized carbons (Fsp3) is 0.654. The minimum absolute atomic E-state index is 0.282. The van der Waals surface area contributed by atoms with Crippen molar-refractivity contribution in [3.05, 3.63) is 35.9 Å². The van der Waals surface area contributed by atoms with Crippen LogP contribution in [0, 0.1) is 0 Å². The molecule has 208 valence electrons. The van der Waals surface area contributed by atoms with Gasteiger partial charge in [0.05, 0.1) is 40.0 Å². The van der Waals surface area contributed by atoms with Crippen molar-refractivity contribution in [2.24, 2.45) is 0 Å². The third-order valence-corrected chi connectivity index (χ3v) is 9.76. The van der Waals surface area contributed by atoms with Crippen LogP contribution in [-0.4, -0.2) is 159 Å². The maximum absolute atomic E-state index is 14.5. The van der Waals surface area contributed by atoms with Gasteiger partial charge in [0, 0.05) is 0 Å². The lowest BCUT2D eigenvalue weighted by Gasteiger charge is -2.62. The molecular formula is C26H38N10O3+2.